The lowest BCUT2D eigenvalue weighted by atomic mass is 10.3. The number of aromatic nitrogens is 2. The van der Waals surface area contributed by atoms with E-state index in [2.05, 4.69) is 22.2 Å². The van der Waals surface area contributed by atoms with Gasteiger partial charge in [0.2, 0.25) is 15.9 Å². The number of fused-ring (bicyclic) bond motifs is 1. The Kier molecular flexibility index (Phi) is 6.40. The van der Waals surface area contributed by atoms with Gasteiger partial charge >= 0.3 is 6.03 Å². The molecule has 4 N–H and O–H groups in total. The number of imide groups is 1. The lowest BCUT2D eigenvalue weighted by molar-refractivity contribution is -0.117. The van der Waals surface area contributed by atoms with E-state index in [0.29, 0.717) is 17.2 Å². The van der Waals surface area contributed by atoms with Crippen LogP contribution in [0.5, 0.6) is 0 Å². The predicted molar refractivity (Wildman–Crippen MR) is 99.2 cm³/mol. The molecule has 26 heavy (non-hydrogen) atoms. The number of amides is 3. The van der Waals surface area contributed by atoms with Gasteiger partial charge in [0.15, 0.2) is 5.16 Å². The molecule has 0 saturated carbocycles. The van der Waals surface area contributed by atoms with Crippen LogP contribution >= 0.6 is 11.8 Å². The highest BCUT2D eigenvalue weighted by Gasteiger charge is 2.16. The number of urea groups is 1. The summed E-state index contributed by atoms with van der Waals surface area (Å²) in [6, 6.07) is 3.83. The molecule has 0 aliphatic carbocycles. The summed E-state index contributed by atoms with van der Waals surface area (Å²) in [6.07, 6.45) is 1.50. The molecule has 1 aromatic carbocycles. The van der Waals surface area contributed by atoms with E-state index in [4.69, 9.17) is 5.14 Å². The van der Waals surface area contributed by atoms with Crippen LogP contribution < -0.4 is 15.8 Å². The van der Waals surface area contributed by atoms with E-state index in [0.717, 1.165) is 17.3 Å². The van der Waals surface area contributed by atoms with E-state index in [1.807, 2.05) is 11.5 Å². The van der Waals surface area contributed by atoms with Crippen LogP contribution in [0.4, 0.5) is 4.79 Å². The quantitative estimate of drug-likeness (QED) is 0.467. The van der Waals surface area contributed by atoms with Crippen LogP contribution in [0.15, 0.2) is 40.9 Å². The summed E-state index contributed by atoms with van der Waals surface area (Å²) in [4.78, 5) is 27.6. The number of benzene rings is 1. The minimum atomic E-state index is -3.82. The van der Waals surface area contributed by atoms with Crippen molar-refractivity contribution in [3.63, 3.8) is 0 Å². The predicted octanol–water partition coefficient (Wildman–Crippen LogP) is 0.807. The van der Waals surface area contributed by atoms with Crippen molar-refractivity contribution in [3.05, 3.63) is 30.9 Å². The number of aryl methyl sites for hydroxylation is 1. The summed E-state index contributed by atoms with van der Waals surface area (Å²) in [5.74, 6) is -0.496. The second-order valence-electron chi connectivity index (χ2n) is 5.17. The molecular formula is C15H19N5O4S2. The molecule has 2 rings (SSSR count). The van der Waals surface area contributed by atoms with Gasteiger partial charge in [-0.05, 0) is 25.1 Å². The van der Waals surface area contributed by atoms with E-state index in [1.54, 1.807) is 6.07 Å². The lowest BCUT2D eigenvalue weighted by Gasteiger charge is -2.06. The van der Waals surface area contributed by atoms with E-state index in [1.165, 1.54) is 18.2 Å². The third-order valence-electron chi connectivity index (χ3n) is 3.32. The maximum absolute atomic E-state index is 11.8. The molecule has 2 aromatic rings. The number of hydrogen-bond donors (Lipinski definition) is 3. The Morgan fingerprint density at radius 1 is 1.42 bits per heavy atom. The van der Waals surface area contributed by atoms with Crippen molar-refractivity contribution < 1.29 is 18.0 Å². The number of carbonyl (C=O) groups is 2. The molecule has 3 amide bonds. The van der Waals surface area contributed by atoms with E-state index < -0.39 is 22.0 Å². The Hall–Kier alpha value is -2.37. The second kappa shape index (κ2) is 8.34. The van der Waals surface area contributed by atoms with Crippen LogP contribution in [0.1, 0.15) is 6.92 Å². The Bertz CT molecular complexity index is 952. The van der Waals surface area contributed by atoms with Crippen molar-refractivity contribution in [3.8, 4) is 0 Å². The molecule has 1 heterocycles. The largest absolute Gasteiger partial charge is 0.334 e. The van der Waals surface area contributed by atoms with Crippen molar-refractivity contribution in [1.82, 2.24) is 20.2 Å². The Morgan fingerprint density at radius 3 is 2.77 bits per heavy atom. The molecule has 11 heteroatoms. The fraction of sp³-hybridized carbons (Fsp3) is 0.267. The van der Waals surface area contributed by atoms with Gasteiger partial charge in [-0.3, -0.25) is 10.1 Å². The zero-order chi connectivity index (χ0) is 19.3. The number of thioether (sulfide) groups is 1. The Balaban J connectivity index is 2.15. The summed E-state index contributed by atoms with van der Waals surface area (Å²) in [6.45, 7) is 6.20. The summed E-state index contributed by atoms with van der Waals surface area (Å²) in [5, 5.41) is 10.3. The first-order valence-electron chi connectivity index (χ1n) is 7.60. The van der Waals surface area contributed by atoms with E-state index in [9.17, 15) is 18.0 Å². The molecule has 0 aliphatic heterocycles. The highest BCUT2D eigenvalue weighted by Crippen LogP contribution is 2.25. The SMILES string of the molecule is C=CCNC(=O)NC(=O)CSc1nc2cc(S(N)(=O)=O)ccc2n1CC. The summed E-state index contributed by atoms with van der Waals surface area (Å²) in [5.41, 5.74) is 1.19. The van der Waals surface area contributed by atoms with Gasteiger partial charge < -0.3 is 9.88 Å². The third kappa shape index (κ3) is 4.84. The minimum absolute atomic E-state index is 0.0210. The van der Waals surface area contributed by atoms with Gasteiger partial charge in [-0.25, -0.2) is 23.3 Å². The lowest BCUT2D eigenvalue weighted by Crippen LogP contribution is -2.40. The number of hydrogen-bond acceptors (Lipinski definition) is 6. The first-order valence-corrected chi connectivity index (χ1v) is 10.1. The number of nitrogens with two attached hydrogens (primary N) is 1. The average Bonchev–Trinajstić information content (AvgIpc) is 2.94. The zero-order valence-corrected chi connectivity index (χ0v) is 15.7. The maximum Gasteiger partial charge on any atom is 0.321 e. The van der Waals surface area contributed by atoms with Crippen LogP contribution in [-0.2, 0) is 21.4 Å². The van der Waals surface area contributed by atoms with Crippen molar-refractivity contribution >= 4 is 44.8 Å². The van der Waals surface area contributed by atoms with Crippen molar-refractivity contribution in [2.75, 3.05) is 12.3 Å². The van der Waals surface area contributed by atoms with Gasteiger partial charge in [-0.2, -0.15) is 0 Å². The molecule has 0 fully saturated rings. The highest BCUT2D eigenvalue weighted by molar-refractivity contribution is 7.99. The van der Waals surface area contributed by atoms with Gasteiger partial charge in [0.25, 0.3) is 0 Å². The molecule has 0 spiro atoms. The summed E-state index contributed by atoms with van der Waals surface area (Å²) < 4.78 is 24.8. The van der Waals surface area contributed by atoms with Gasteiger partial charge in [-0.1, -0.05) is 17.8 Å². The van der Waals surface area contributed by atoms with Gasteiger partial charge in [0.1, 0.15) is 0 Å². The summed E-state index contributed by atoms with van der Waals surface area (Å²) in [7, 11) is -3.82. The molecule has 0 bridgehead atoms. The standard InChI is InChI=1S/C15H19N5O4S2/c1-3-7-17-14(22)19-13(21)9-25-15-18-11-8-10(26(16,23)24)5-6-12(11)20(15)4-2/h3,5-6,8H,1,4,7,9H2,2H3,(H2,16,23,24)(H2,17,19,21,22). The first kappa shape index (κ1) is 19.9. The third-order valence-corrected chi connectivity index (χ3v) is 5.21. The molecule has 140 valence electrons. The van der Waals surface area contributed by atoms with Crippen LogP contribution in [0.2, 0.25) is 0 Å². The number of nitrogens with zero attached hydrogens (tertiary/aromatic N) is 2. The molecule has 1 aromatic heterocycles. The van der Waals surface area contributed by atoms with E-state index >= 15 is 0 Å². The van der Waals surface area contributed by atoms with Crippen LogP contribution in [0, 0.1) is 0 Å². The maximum atomic E-state index is 11.8. The van der Waals surface area contributed by atoms with Gasteiger partial charge in [0, 0.05) is 13.1 Å². The number of rotatable bonds is 7. The topological polar surface area (TPSA) is 136 Å². The Labute approximate surface area is 155 Å². The average molecular weight is 397 g/mol. The second-order valence-corrected chi connectivity index (χ2v) is 7.67. The molecule has 0 aliphatic rings. The number of nitrogens with one attached hydrogen (secondary N) is 2. The number of primary sulfonamides is 1. The minimum Gasteiger partial charge on any atom is -0.334 e. The Morgan fingerprint density at radius 2 is 2.15 bits per heavy atom. The fourth-order valence-corrected chi connectivity index (χ4v) is 3.59. The van der Waals surface area contributed by atoms with Crippen molar-refractivity contribution in [2.24, 2.45) is 5.14 Å². The molecule has 0 radical (unpaired) electrons. The van der Waals surface area contributed by atoms with E-state index in [-0.39, 0.29) is 17.2 Å². The number of sulfonamides is 1. The molecule has 0 atom stereocenters. The molecule has 9 nitrogen and oxygen atoms in total. The van der Waals surface area contributed by atoms with Gasteiger partial charge in [0.05, 0.1) is 21.7 Å². The smallest absolute Gasteiger partial charge is 0.321 e. The highest BCUT2D eigenvalue weighted by atomic mass is 32.2. The van der Waals surface area contributed by atoms with Gasteiger partial charge in [-0.15, -0.1) is 6.58 Å². The number of imidazole rings is 1. The zero-order valence-electron chi connectivity index (χ0n) is 14.1. The molecular weight excluding hydrogens is 378 g/mol. The molecule has 0 saturated heterocycles. The fourth-order valence-electron chi connectivity index (χ4n) is 2.18. The van der Waals surface area contributed by atoms with Crippen LogP contribution in [0.3, 0.4) is 0 Å². The normalized spacial score (nSPS) is 11.3. The monoisotopic (exact) mass is 397 g/mol. The molecule has 0 unspecified atom stereocenters. The van der Waals surface area contributed by atoms with Crippen molar-refractivity contribution in [2.45, 2.75) is 23.5 Å². The van der Waals surface area contributed by atoms with Crippen LogP contribution in [0.25, 0.3) is 11.0 Å². The first-order chi connectivity index (χ1) is 12.3. The number of carbonyl (C=O) groups excluding carboxylic acids is 2. The van der Waals surface area contributed by atoms with Crippen LogP contribution in [-0.4, -0.2) is 42.2 Å². The van der Waals surface area contributed by atoms with Crippen molar-refractivity contribution in [1.29, 1.82) is 0 Å². The summed E-state index contributed by atoms with van der Waals surface area (Å²) >= 11 is 1.14.